The zero-order valence-corrected chi connectivity index (χ0v) is 11.2. The summed E-state index contributed by atoms with van der Waals surface area (Å²) in [6.07, 6.45) is 0.868. The number of furan rings is 1. The van der Waals surface area contributed by atoms with Gasteiger partial charge in [0.2, 0.25) is 0 Å². The minimum Gasteiger partial charge on any atom is -0.395 e. The van der Waals surface area contributed by atoms with Gasteiger partial charge in [0.15, 0.2) is 5.76 Å². The van der Waals surface area contributed by atoms with E-state index >= 15 is 0 Å². The van der Waals surface area contributed by atoms with Crippen LogP contribution in [0.4, 0.5) is 5.88 Å². The zero-order chi connectivity index (χ0) is 13.9. The molecule has 19 heavy (non-hydrogen) atoms. The largest absolute Gasteiger partial charge is 0.433 e. The Morgan fingerprint density at radius 2 is 2.47 bits per heavy atom. The molecule has 1 aromatic heterocycles. The Hall–Kier alpha value is -1.54. The summed E-state index contributed by atoms with van der Waals surface area (Å²) in [6, 6.07) is 2.45. The summed E-state index contributed by atoms with van der Waals surface area (Å²) in [5.74, 6) is 0.839. The van der Waals surface area contributed by atoms with Gasteiger partial charge in [-0.2, -0.15) is 11.8 Å². The van der Waals surface area contributed by atoms with Crippen LogP contribution in [0.15, 0.2) is 16.5 Å². The summed E-state index contributed by atoms with van der Waals surface area (Å²) in [6.45, 7) is 0.365. The number of hydrogen-bond acceptors (Lipinski definition) is 6. The van der Waals surface area contributed by atoms with Gasteiger partial charge >= 0.3 is 5.88 Å². The van der Waals surface area contributed by atoms with Gasteiger partial charge in [0.05, 0.1) is 11.7 Å². The van der Waals surface area contributed by atoms with E-state index in [-0.39, 0.29) is 11.4 Å². The number of carbonyl (C=O) groups excluding carboxylic acids is 1. The molecule has 0 aromatic carbocycles. The SMILES string of the molecule is COC1(CNC(=O)c2ccc([N+](=O)[O-])o2)CCSC1. The van der Waals surface area contributed by atoms with Crippen LogP contribution in [0.3, 0.4) is 0 Å². The van der Waals surface area contributed by atoms with Crippen LogP contribution in [0.2, 0.25) is 0 Å². The van der Waals surface area contributed by atoms with E-state index in [0.717, 1.165) is 24.0 Å². The number of methoxy groups -OCH3 is 1. The van der Waals surface area contributed by atoms with Crippen molar-refractivity contribution in [2.24, 2.45) is 0 Å². The molecule has 0 saturated carbocycles. The summed E-state index contributed by atoms with van der Waals surface area (Å²) < 4.78 is 10.3. The Bertz CT molecular complexity index is 481. The van der Waals surface area contributed by atoms with Crippen molar-refractivity contribution in [3.05, 3.63) is 28.0 Å². The maximum Gasteiger partial charge on any atom is 0.433 e. The minimum absolute atomic E-state index is 0.0661. The van der Waals surface area contributed by atoms with Crippen molar-refractivity contribution in [2.45, 2.75) is 12.0 Å². The second-order valence-electron chi connectivity index (χ2n) is 4.27. The van der Waals surface area contributed by atoms with Gasteiger partial charge in [-0.3, -0.25) is 14.9 Å². The Labute approximate surface area is 113 Å². The second kappa shape index (κ2) is 5.62. The summed E-state index contributed by atoms with van der Waals surface area (Å²) >= 11 is 1.77. The van der Waals surface area contributed by atoms with Crippen molar-refractivity contribution in [1.82, 2.24) is 5.32 Å². The van der Waals surface area contributed by atoms with Crippen molar-refractivity contribution in [1.29, 1.82) is 0 Å². The Morgan fingerprint density at radius 3 is 3.00 bits per heavy atom. The minimum atomic E-state index is -0.680. The van der Waals surface area contributed by atoms with Gasteiger partial charge in [0.25, 0.3) is 5.91 Å². The summed E-state index contributed by atoms with van der Waals surface area (Å²) in [5.41, 5.74) is -0.348. The first kappa shape index (κ1) is 13.9. The fourth-order valence-electron chi connectivity index (χ4n) is 1.84. The molecule has 1 fully saturated rings. The molecule has 1 N–H and O–H groups in total. The van der Waals surface area contributed by atoms with Crippen molar-refractivity contribution in [2.75, 3.05) is 25.2 Å². The van der Waals surface area contributed by atoms with Crippen molar-refractivity contribution < 1.29 is 18.9 Å². The predicted octanol–water partition coefficient (Wildman–Crippen LogP) is 1.44. The van der Waals surface area contributed by atoms with Gasteiger partial charge in [-0.1, -0.05) is 0 Å². The third-order valence-electron chi connectivity index (χ3n) is 3.07. The van der Waals surface area contributed by atoms with Gasteiger partial charge in [-0.25, -0.2) is 0 Å². The van der Waals surface area contributed by atoms with Gasteiger partial charge in [0, 0.05) is 19.4 Å². The zero-order valence-electron chi connectivity index (χ0n) is 10.4. The Morgan fingerprint density at radius 1 is 1.68 bits per heavy atom. The lowest BCUT2D eigenvalue weighted by molar-refractivity contribution is -0.402. The van der Waals surface area contributed by atoms with Crippen LogP contribution in [-0.2, 0) is 4.74 Å². The monoisotopic (exact) mass is 286 g/mol. The summed E-state index contributed by atoms with van der Waals surface area (Å²) in [5, 5.41) is 13.1. The maximum atomic E-state index is 11.8. The number of thioether (sulfide) groups is 1. The fourth-order valence-corrected chi connectivity index (χ4v) is 3.23. The number of nitro groups is 1. The third kappa shape index (κ3) is 3.07. The van der Waals surface area contributed by atoms with E-state index in [2.05, 4.69) is 5.32 Å². The molecule has 1 aromatic rings. The number of amides is 1. The molecule has 1 saturated heterocycles. The lowest BCUT2D eigenvalue weighted by Gasteiger charge is -2.26. The summed E-state index contributed by atoms with van der Waals surface area (Å²) in [4.78, 5) is 21.6. The number of nitrogens with one attached hydrogen (secondary N) is 1. The van der Waals surface area contributed by atoms with E-state index in [9.17, 15) is 14.9 Å². The smallest absolute Gasteiger partial charge is 0.395 e. The molecule has 1 aliphatic rings. The van der Waals surface area contributed by atoms with E-state index in [1.54, 1.807) is 18.9 Å². The van der Waals surface area contributed by atoms with Crippen LogP contribution in [-0.4, -0.2) is 41.6 Å². The second-order valence-corrected chi connectivity index (χ2v) is 5.37. The molecular weight excluding hydrogens is 272 g/mol. The normalized spacial score (nSPS) is 22.4. The van der Waals surface area contributed by atoms with Crippen LogP contribution in [0, 0.1) is 10.1 Å². The standard InChI is InChI=1S/C11H14N2O5S/c1-17-11(4-5-19-7-11)6-12-10(14)8-2-3-9(18-8)13(15)16/h2-3H,4-7H2,1H3,(H,12,14). The van der Waals surface area contributed by atoms with Crippen LogP contribution >= 0.6 is 11.8 Å². The number of nitrogens with zero attached hydrogens (tertiary/aromatic N) is 1. The van der Waals surface area contributed by atoms with E-state index in [0.29, 0.717) is 6.54 Å². The first-order chi connectivity index (χ1) is 9.06. The lowest BCUT2D eigenvalue weighted by Crippen LogP contribution is -2.44. The number of carbonyl (C=O) groups is 1. The molecule has 0 bridgehead atoms. The molecule has 1 atom stereocenters. The number of ether oxygens (including phenoxy) is 1. The molecule has 8 heteroatoms. The highest BCUT2D eigenvalue weighted by atomic mass is 32.2. The highest BCUT2D eigenvalue weighted by molar-refractivity contribution is 7.99. The average molecular weight is 286 g/mol. The summed E-state index contributed by atoms with van der Waals surface area (Å²) in [7, 11) is 1.62. The first-order valence-electron chi connectivity index (χ1n) is 5.72. The lowest BCUT2D eigenvalue weighted by atomic mass is 10.0. The Balaban J connectivity index is 1.95. The molecule has 2 heterocycles. The quantitative estimate of drug-likeness (QED) is 0.650. The third-order valence-corrected chi connectivity index (χ3v) is 4.29. The van der Waals surface area contributed by atoms with E-state index in [1.807, 2.05) is 0 Å². The molecule has 104 valence electrons. The maximum absolute atomic E-state index is 11.8. The number of rotatable bonds is 5. The highest BCUT2D eigenvalue weighted by Gasteiger charge is 2.35. The van der Waals surface area contributed by atoms with E-state index in [1.165, 1.54) is 6.07 Å². The molecule has 0 spiro atoms. The van der Waals surface area contributed by atoms with Crippen LogP contribution < -0.4 is 5.32 Å². The first-order valence-corrected chi connectivity index (χ1v) is 6.87. The van der Waals surface area contributed by atoms with Crippen LogP contribution in [0.1, 0.15) is 17.0 Å². The van der Waals surface area contributed by atoms with Gasteiger partial charge in [-0.05, 0) is 18.2 Å². The molecule has 2 rings (SSSR count). The Kier molecular flexibility index (Phi) is 4.11. The van der Waals surface area contributed by atoms with Crippen LogP contribution in [0.5, 0.6) is 0 Å². The topological polar surface area (TPSA) is 94.6 Å². The molecule has 0 aliphatic carbocycles. The molecule has 1 aliphatic heterocycles. The highest BCUT2D eigenvalue weighted by Crippen LogP contribution is 2.30. The molecule has 7 nitrogen and oxygen atoms in total. The van der Waals surface area contributed by atoms with E-state index in [4.69, 9.17) is 9.15 Å². The van der Waals surface area contributed by atoms with E-state index < -0.39 is 16.7 Å². The molecule has 1 unspecified atom stereocenters. The van der Waals surface area contributed by atoms with Crippen molar-refractivity contribution >= 4 is 23.6 Å². The average Bonchev–Trinajstić information content (AvgIpc) is 3.06. The molecular formula is C11H14N2O5S. The van der Waals surface area contributed by atoms with Gasteiger partial charge in [-0.15, -0.1) is 0 Å². The molecule has 0 radical (unpaired) electrons. The van der Waals surface area contributed by atoms with Gasteiger partial charge in [0.1, 0.15) is 4.92 Å². The van der Waals surface area contributed by atoms with Crippen molar-refractivity contribution in [3.8, 4) is 0 Å². The fraction of sp³-hybridized carbons (Fsp3) is 0.545. The number of hydrogen-bond donors (Lipinski definition) is 1. The van der Waals surface area contributed by atoms with Gasteiger partial charge < -0.3 is 14.5 Å². The predicted molar refractivity (Wildman–Crippen MR) is 69.4 cm³/mol. The molecule has 1 amide bonds. The van der Waals surface area contributed by atoms with Crippen molar-refractivity contribution in [3.63, 3.8) is 0 Å². The van der Waals surface area contributed by atoms with Crippen LogP contribution in [0.25, 0.3) is 0 Å².